The Kier molecular flexibility index (Phi) is 3.14. The van der Waals surface area contributed by atoms with E-state index in [-0.39, 0.29) is 24.8 Å². The highest BCUT2D eigenvalue weighted by Gasteiger charge is 2.45. The molecule has 1 aromatic rings. The summed E-state index contributed by atoms with van der Waals surface area (Å²) in [5.74, 6) is -2.87. The van der Waals surface area contributed by atoms with Crippen molar-refractivity contribution < 1.29 is 13.6 Å². The molecule has 16 heavy (non-hydrogen) atoms. The lowest BCUT2D eigenvalue weighted by atomic mass is 9.88. The van der Waals surface area contributed by atoms with Gasteiger partial charge in [-0.2, -0.15) is 0 Å². The van der Waals surface area contributed by atoms with Crippen molar-refractivity contribution in [2.75, 3.05) is 0 Å². The van der Waals surface area contributed by atoms with Crippen LogP contribution in [0.4, 0.5) is 8.78 Å². The zero-order valence-corrected chi connectivity index (χ0v) is 10.5. The molecule has 1 N–H and O–H groups in total. The maximum absolute atomic E-state index is 12.6. The molecule has 2 nitrogen and oxygen atoms in total. The minimum absolute atomic E-state index is 0.247. The normalized spacial score (nSPS) is 18.9. The zero-order chi connectivity index (χ0) is 11.8. The van der Waals surface area contributed by atoms with Gasteiger partial charge in [-0.3, -0.25) is 4.79 Å². The average molecular weight is 337 g/mol. The van der Waals surface area contributed by atoms with Gasteiger partial charge in [0, 0.05) is 28.0 Å². The number of rotatable bonds is 2. The van der Waals surface area contributed by atoms with Crippen LogP contribution in [0.2, 0.25) is 0 Å². The standard InChI is InChI=1S/C11H10F2INO/c12-11(13)5-9(6-11)15-10(16)7-2-1-3-8(14)4-7/h1-4,9H,5-6H2,(H,15,16). The second-order valence-corrected chi connectivity index (χ2v) is 5.19. The van der Waals surface area contributed by atoms with Crippen molar-refractivity contribution in [3.8, 4) is 0 Å². The minimum atomic E-state index is -2.59. The van der Waals surface area contributed by atoms with Crippen molar-refractivity contribution >= 4 is 28.5 Å². The molecule has 0 aliphatic heterocycles. The quantitative estimate of drug-likeness (QED) is 0.827. The van der Waals surface area contributed by atoms with Crippen molar-refractivity contribution in [1.29, 1.82) is 0 Å². The van der Waals surface area contributed by atoms with E-state index in [0.29, 0.717) is 5.56 Å². The summed E-state index contributed by atoms with van der Waals surface area (Å²) in [6, 6.07) is 6.66. The van der Waals surface area contributed by atoms with E-state index < -0.39 is 5.92 Å². The minimum Gasteiger partial charge on any atom is -0.349 e. The fourth-order valence-corrected chi connectivity index (χ4v) is 2.20. The highest BCUT2D eigenvalue weighted by Crippen LogP contribution is 2.37. The van der Waals surface area contributed by atoms with Crippen LogP contribution in [0.3, 0.4) is 0 Å². The first kappa shape index (κ1) is 11.8. The van der Waals surface area contributed by atoms with Crippen LogP contribution in [0.1, 0.15) is 23.2 Å². The van der Waals surface area contributed by atoms with Crippen LogP contribution >= 0.6 is 22.6 Å². The number of hydrogen-bond donors (Lipinski definition) is 1. The van der Waals surface area contributed by atoms with Crippen molar-refractivity contribution in [3.05, 3.63) is 33.4 Å². The summed E-state index contributed by atoms with van der Waals surface area (Å²) in [4.78, 5) is 11.7. The third-order valence-electron chi connectivity index (χ3n) is 2.51. The van der Waals surface area contributed by atoms with Gasteiger partial charge in [0.25, 0.3) is 11.8 Å². The molecule has 1 aromatic carbocycles. The summed E-state index contributed by atoms with van der Waals surface area (Å²) in [6.45, 7) is 0. The molecule has 5 heteroatoms. The van der Waals surface area contributed by atoms with Crippen LogP contribution in [0.25, 0.3) is 0 Å². The molecule has 0 spiro atoms. The lowest BCUT2D eigenvalue weighted by Crippen LogP contribution is -2.50. The van der Waals surface area contributed by atoms with Crippen LogP contribution in [0.15, 0.2) is 24.3 Å². The fourth-order valence-electron chi connectivity index (χ4n) is 1.66. The number of amides is 1. The van der Waals surface area contributed by atoms with Crippen molar-refractivity contribution in [2.24, 2.45) is 0 Å². The van der Waals surface area contributed by atoms with Gasteiger partial charge in [0.15, 0.2) is 0 Å². The van der Waals surface area contributed by atoms with Crippen LogP contribution in [0, 0.1) is 3.57 Å². The summed E-state index contributed by atoms with van der Waals surface area (Å²) < 4.78 is 26.1. The highest BCUT2D eigenvalue weighted by molar-refractivity contribution is 14.1. The Balaban J connectivity index is 1.94. The third-order valence-corrected chi connectivity index (χ3v) is 3.18. The Bertz CT molecular complexity index is 414. The summed E-state index contributed by atoms with van der Waals surface area (Å²) in [7, 11) is 0. The van der Waals surface area contributed by atoms with Gasteiger partial charge < -0.3 is 5.32 Å². The topological polar surface area (TPSA) is 29.1 Å². The van der Waals surface area contributed by atoms with Gasteiger partial charge in [0.1, 0.15) is 0 Å². The summed E-state index contributed by atoms with van der Waals surface area (Å²) in [5.41, 5.74) is 0.516. The van der Waals surface area contributed by atoms with E-state index in [2.05, 4.69) is 27.9 Å². The molecule has 1 saturated carbocycles. The molecular weight excluding hydrogens is 327 g/mol. The van der Waals surface area contributed by atoms with Gasteiger partial charge >= 0.3 is 0 Å². The first-order valence-corrected chi connectivity index (χ1v) is 5.98. The number of carbonyl (C=O) groups is 1. The Morgan fingerprint density at radius 3 is 2.69 bits per heavy atom. The fraction of sp³-hybridized carbons (Fsp3) is 0.364. The largest absolute Gasteiger partial charge is 0.349 e. The predicted octanol–water partition coefficient (Wildman–Crippen LogP) is 2.82. The van der Waals surface area contributed by atoms with Gasteiger partial charge in [0.05, 0.1) is 0 Å². The second kappa shape index (κ2) is 4.27. The van der Waals surface area contributed by atoms with Crippen LogP contribution < -0.4 is 5.32 Å². The molecular formula is C11H10F2INO. The number of hydrogen-bond acceptors (Lipinski definition) is 1. The first-order valence-electron chi connectivity index (χ1n) is 4.90. The molecule has 0 unspecified atom stereocenters. The molecule has 0 saturated heterocycles. The Labute approximate surface area is 106 Å². The molecule has 1 aliphatic rings. The Morgan fingerprint density at radius 2 is 2.12 bits per heavy atom. The van der Waals surface area contributed by atoms with E-state index in [0.717, 1.165) is 3.57 Å². The van der Waals surface area contributed by atoms with E-state index in [1.165, 1.54) is 0 Å². The zero-order valence-electron chi connectivity index (χ0n) is 8.34. The molecule has 1 amide bonds. The van der Waals surface area contributed by atoms with Gasteiger partial charge in [-0.05, 0) is 40.8 Å². The first-order chi connectivity index (χ1) is 7.46. The molecule has 0 atom stereocenters. The van der Waals surface area contributed by atoms with Crippen molar-refractivity contribution in [2.45, 2.75) is 24.8 Å². The molecule has 0 heterocycles. The molecule has 1 fully saturated rings. The number of carbonyl (C=O) groups excluding carboxylic acids is 1. The summed E-state index contributed by atoms with van der Waals surface area (Å²) >= 11 is 2.10. The van der Waals surface area contributed by atoms with E-state index in [1.807, 2.05) is 6.07 Å². The van der Waals surface area contributed by atoms with Gasteiger partial charge in [0.2, 0.25) is 0 Å². The summed E-state index contributed by atoms with van der Waals surface area (Å²) in [5, 5.41) is 2.59. The summed E-state index contributed by atoms with van der Waals surface area (Å²) in [6.07, 6.45) is -0.495. The van der Waals surface area contributed by atoms with Gasteiger partial charge in [-0.1, -0.05) is 6.07 Å². The van der Waals surface area contributed by atoms with Gasteiger partial charge in [-0.15, -0.1) is 0 Å². The smallest absolute Gasteiger partial charge is 0.252 e. The van der Waals surface area contributed by atoms with Gasteiger partial charge in [-0.25, -0.2) is 8.78 Å². The SMILES string of the molecule is O=C(NC1CC(F)(F)C1)c1cccc(I)c1. The number of benzene rings is 1. The van der Waals surface area contributed by atoms with E-state index in [4.69, 9.17) is 0 Å². The van der Waals surface area contributed by atoms with E-state index in [1.54, 1.807) is 18.2 Å². The lowest BCUT2D eigenvalue weighted by Gasteiger charge is -2.35. The van der Waals surface area contributed by atoms with Crippen molar-refractivity contribution in [3.63, 3.8) is 0 Å². The van der Waals surface area contributed by atoms with E-state index >= 15 is 0 Å². The average Bonchev–Trinajstić information content (AvgIpc) is 2.14. The molecule has 0 aromatic heterocycles. The number of alkyl halides is 2. The molecule has 2 rings (SSSR count). The number of halogens is 3. The molecule has 1 aliphatic carbocycles. The molecule has 0 bridgehead atoms. The predicted molar refractivity (Wildman–Crippen MR) is 64.6 cm³/mol. The maximum Gasteiger partial charge on any atom is 0.252 e. The van der Waals surface area contributed by atoms with Crippen LogP contribution in [-0.2, 0) is 0 Å². The molecule has 0 radical (unpaired) electrons. The number of nitrogens with one attached hydrogen (secondary N) is 1. The maximum atomic E-state index is 12.6. The lowest BCUT2D eigenvalue weighted by molar-refractivity contribution is -0.0901. The molecule has 86 valence electrons. The Morgan fingerprint density at radius 1 is 1.44 bits per heavy atom. The monoisotopic (exact) mass is 337 g/mol. The van der Waals surface area contributed by atoms with Crippen LogP contribution in [0.5, 0.6) is 0 Å². The second-order valence-electron chi connectivity index (χ2n) is 3.94. The van der Waals surface area contributed by atoms with Crippen molar-refractivity contribution in [1.82, 2.24) is 5.32 Å². The van der Waals surface area contributed by atoms with E-state index in [9.17, 15) is 13.6 Å². The third kappa shape index (κ3) is 2.69. The van der Waals surface area contributed by atoms with Crippen LogP contribution in [-0.4, -0.2) is 17.9 Å². The Hall–Kier alpha value is -0.720. The highest BCUT2D eigenvalue weighted by atomic mass is 127.